The van der Waals surface area contributed by atoms with Crippen LogP contribution >= 0.6 is 0 Å². The Kier molecular flexibility index (Phi) is 6.21. The van der Waals surface area contributed by atoms with Gasteiger partial charge in [0.2, 0.25) is 5.95 Å². The highest BCUT2D eigenvalue weighted by Gasteiger charge is 2.28. The number of piperidine rings is 1. The minimum Gasteiger partial charge on any atom is -0.481 e. The molecule has 0 spiro atoms. The summed E-state index contributed by atoms with van der Waals surface area (Å²) in [5, 5.41) is 17.4. The molecule has 11 heteroatoms. The molecule has 1 fully saturated rings. The SMILES string of the molecule is CCOCCn1nc(C)c2nc(N3CCC[C@H](C(=O)O)C3)nc(Nc3ccncn3)c21. The van der Waals surface area contributed by atoms with Crippen molar-refractivity contribution in [3.63, 3.8) is 0 Å². The fourth-order valence-electron chi connectivity index (χ4n) is 3.75. The van der Waals surface area contributed by atoms with Crippen molar-refractivity contribution in [3.8, 4) is 0 Å². The molecule has 3 aromatic heterocycles. The van der Waals surface area contributed by atoms with Gasteiger partial charge in [-0.05, 0) is 32.8 Å². The van der Waals surface area contributed by atoms with Gasteiger partial charge in [-0.2, -0.15) is 10.1 Å². The Hall–Kier alpha value is -3.34. The average molecular weight is 426 g/mol. The molecular formula is C20H26N8O3. The molecule has 0 radical (unpaired) electrons. The smallest absolute Gasteiger partial charge is 0.308 e. The number of aliphatic carboxylic acids is 1. The van der Waals surface area contributed by atoms with Gasteiger partial charge in [0.15, 0.2) is 5.82 Å². The number of carboxylic acid groups (broad SMARTS) is 1. The van der Waals surface area contributed by atoms with Gasteiger partial charge in [0.25, 0.3) is 0 Å². The first-order chi connectivity index (χ1) is 15.1. The molecule has 164 valence electrons. The van der Waals surface area contributed by atoms with Crippen LogP contribution in [0.25, 0.3) is 11.0 Å². The molecule has 0 amide bonds. The highest BCUT2D eigenvalue weighted by atomic mass is 16.5. The third kappa shape index (κ3) is 4.55. The second-order valence-electron chi connectivity index (χ2n) is 7.42. The fraction of sp³-hybridized carbons (Fsp3) is 0.500. The van der Waals surface area contributed by atoms with Crippen LogP contribution in [0, 0.1) is 12.8 Å². The van der Waals surface area contributed by atoms with E-state index in [1.807, 2.05) is 23.4 Å². The van der Waals surface area contributed by atoms with Gasteiger partial charge in [-0.3, -0.25) is 9.48 Å². The second kappa shape index (κ2) is 9.21. The first-order valence-corrected chi connectivity index (χ1v) is 10.4. The topological polar surface area (TPSA) is 131 Å². The standard InChI is InChI=1S/C20H26N8O3/c1-3-31-10-9-28-17-16(13(2)26-28)24-20(27-8-4-5-14(11-27)19(29)30)25-18(17)23-15-6-7-21-12-22-15/h6-7,12,14H,3-5,8-11H2,1-2H3,(H,29,30)(H,21,22,23,24,25)/t14-/m0/s1. The van der Waals surface area contributed by atoms with E-state index >= 15 is 0 Å². The Labute approximate surface area is 179 Å². The molecule has 1 aliphatic rings. The first-order valence-electron chi connectivity index (χ1n) is 10.4. The molecule has 0 aromatic carbocycles. The normalized spacial score (nSPS) is 16.6. The highest BCUT2D eigenvalue weighted by molar-refractivity contribution is 5.90. The van der Waals surface area contributed by atoms with Crippen molar-refractivity contribution in [1.82, 2.24) is 29.7 Å². The number of hydrogen-bond donors (Lipinski definition) is 2. The Bertz CT molecular complexity index is 1060. The minimum atomic E-state index is -0.787. The summed E-state index contributed by atoms with van der Waals surface area (Å²) in [6, 6.07) is 1.75. The summed E-state index contributed by atoms with van der Waals surface area (Å²) in [7, 11) is 0. The Morgan fingerprint density at radius 1 is 1.39 bits per heavy atom. The van der Waals surface area contributed by atoms with Crippen LogP contribution in [0.1, 0.15) is 25.5 Å². The first kappa shape index (κ1) is 20.9. The number of anilines is 3. The van der Waals surface area contributed by atoms with Crippen LogP contribution in [-0.4, -0.2) is 67.1 Å². The van der Waals surface area contributed by atoms with E-state index in [1.165, 1.54) is 6.33 Å². The minimum absolute atomic E-state index is 0.380. The van der Waals surface area contributed by atoms with Crippen LogP contribution < -0.4 is 10.2 Å². The highest BCUT2D eigenvalue weighted by Crippen LogP contribution is 2.29. The van der Waals surface area contributed by atoms with Crippen molar-refractivity contribution in [2.75, 3.05) is 36.5 Å². The van der Waals surface area contributed by atoms with Crippen LogP contribution in [0.3, 0.4) is 0 Å². The maximum Gasteiger partial charge on any atom is 0.308 e. The number of aryl methyl sites for hydroxylation is 1. The van der Waals surface area contributed by atoms with Gasteiger partial charge in [0, 0.05) is 25.9 Å². The summed E-state index contributed by atoms with van der Waals surface area (Å²) in [4.78, 5) is 31.2. The molecule has 31 heavy (non-hydrogen) atoms. The predicted octanol–water partition coefficient (Wildman–Crippen LogP) is 2.01. The molecular weight excluding hydrogens is 400 g/mol. The summed E-state index contributed by atoms with van der Waals surface area (Å²) in [5.74, 6) is 0.431. The van der Waals surface area contributed by atoms with Crippen LogP contribution in [0.2, 0.25) is 0 Å². The summed E-state index contributed by atoms with van der Waals surface area (Å²) in [6.45, 7) is 6.65. The molecule has 4 rings (SSSR count). The number of nitrogens with zero attached hydrogens (tertiary/aromatic N) is 7. The number of carbonyl (C=O) groups is 1. The average Bonchev–Trinajstić information content (AvgIpc) is 3.10. The number of ether oxygens (including phenoxy) is 1. The van der Waals surface area contributed by atoms with E-state index in [0.717, 1.165) is 23.1 Å². The van der Waals surface area contributed by atoms with Gasteiger partial charge in [-0.15, -0.1) is 0 Å². The summed E-state index contributed by atoms with van der Waals surface area (Å²) in [5.41, 5.74) is 2.24. The molecule has 0 aliphatic carbocycles. The van der Waals surface area contributed by atoms with E-state index in [1.54, 1.807) is 12.3 Å². The number of carboxylic acids is 1. The Balaban J connectivity index is 1.76. The Morgan fingerprint density at radius 3 is 3.00 bits per heavy atom. The van der Waals surface area contributed by atoms with Crippen LogP contribution in [0.4, 0.5) is 17.6 Å². The number of aromatic nitrogens is 6. The molecule has 1 atom stereocenters. The molecule has 3 aromatic rings. The van der Waals surface area contributed by atoms with Gasteiger partial charge in [0.1, 0.15) is 23.2 Å². The van der Waals surface area contributed by atoms with E-state index in [-0.39, 0.29) is 0 Å². The van der Waals surface area contributed by atoms with Gasteiger partial charge in [0.05, 0.1) is 24.8 Å². The van der Waals surface area contributed by atoms with Crippen LogP contribution in [-0.2, 0) is 16.1 Å². The van der Waals surface area contributed by atoms with Crippen molar-refractivity contribution in [1.29, 1.82) is 0 Å². The maximum absolute atomic E-state index is 11.5. The van der Waals surface area contributed by atoms with E-state index in [2.05, 4.69) is 20.4 Å². The number of rotatable bonds is 8. The summed E-state index contributed by atoms with van der Waals surface area (Å²) >= 11 is 0. The van der Waals surface area contributed by atoms with Crippen molar-refractivity contribution in [3.05, 3.63) is 24.3 Å². The zero-order valence-electron chi connectivity index (χ0n) is 17.7. The fourth-order valence-corrected chi connectivity index (χ4v) is 3.75. The summed E-state index contributed by atoms with van der Waals surface area (Å²) in [6.07, 6.45) is 4.55. The molecule has 4 heterocycles. The molecule has 2 N–H and O–H groups in total. The lowest BCUT2D eigenvalue weighted by Crippen LogP contribution is -2.39. The maximum atomic E-state index is 11.5. The predicted molar refractivity (Wildman–Crippen MR) is 114 cm³/mol. The van der Waals surface area contributed by atoms with E-state index in [4.69, 9.17) is 14.7 Å². The van der Waals surface area contributed by atoms with Gasteiger partial charge in [-0.25, -0.2) is 15.0 Å². The molecule has 0 unspecified atom stereocenters. The Morgan fingerprint density at radius 2 is 2.26 bits per heavy atom. The lowest BCUT2D eigenvalue weighted by molar-refractivity contribution is -0.141. The van der Waals surface area contributed by atoms with Crippen molar-refractivity contribution in [2.45, 2.75) is 33.2 Å². The van der Waals surface area contributed by atoms with Gasteiger partial charge in [-0.1, -0.05) is 0 Å². The number of fused-ring (bicyclic) bond motifs is 1. The third-order valence-corrected chi connectivity index (χ3v) is 5.28. The number of hydrogen-bond acceptors (Lipinski definition) is 9. The van der Waals surface area contributed by atoms with E-state index < -0.39 is 11.9 Å². The zero-order chi connectivity index (χ0) is 21.8. The number of nitrogens with one attached hydrogen (secondary N) is 1. The molecule has 1 aliphatic heterocycles. The summed E-state index contributed by atoms with van der Waals surface area (Å²) < 4.78 is 7.34. The van der Waals surface area contributed by atoms with Gasteiger partial charge < -0.3 is 20.1 Å². The molecule has 0 saturated carbocycles. The van der Waals surface area contributed by atoms with Crippen molar-refractivity contribution in [2.24, 2.45) is 5.92 Å². The van der Waals surface area contributed by atoms with Gasteiger partial charge >= 0.3 is 5.97 Å². The van der Waals surface area contributed by atoms with Crippen molar-refractivity contribution >= 4 is 34.6 Å². The lowest BCUT2D eigenvalue weighted by Gasteiger charge is -2.31. The van der Waals surface area contributed by atoms with Crippen LogP contribution in [0.5, 0.6) is 0 Å². The van der Waals surface area contributed by atoms with Crippen LogP contribution in [0.15, 0.2) is 18.6 Å². The monoisotopic (exact) mass is 426 g/mol. The van der Waals surface area contributed by atoms with Crippen molar-refractivity contribution < 1.29 is 14.6 Å². The molecule has 1 saturated heterocycles. The zero-order valence-corrected chi connectivity index (χ0v) is 17.7. The lowest BCUT2D eigenvalue weighted by atomic mass is 9.99. The molecule has 0 bridgehead atoms. The largest absolute Gasteiger partial charge is 0.481 e. The second-order valence-corrected chi connectivity index (χ2v) is 7.42. The third-order valence-electron chi connectivity index (χ3n) is 5.28. The van der Waals surface area contributed by atoms with E-state index in [9.17, 15) is 9.90 Å². The molecule has 11 nitrogen and oxygen atoms in total. The quantitative estimate of drug-likeness (QED) is 0.516. The van der Waals surface area contributed by atoms with E-state index in [0.29, 0.717) is 56.9 Å².